The third-order valence-corrected chi connectivity index (χ3v) is 4.69. The van der Waals surface area contributed by atoms with Crippen molar-refractivity contribution in [3.8, 4) is 0 Å². The fourth-order valence-electron chi connectivity index (χ4n) is 3.47. The van der Waals surface area contributed by atoms with Gasteiger partial charge in [0, 0.05) is 12.6 Å². The molecule has 0 spiro atoms. The lowest BCUT2D eigenvalue weighted by Crippen LogP contribution is -2.45. The summed E-state index contributed by atoms with van der Waals surface area (Å²) in [5, 5.41) is 0. The first-order valence-corrected chi connectivity index (χ1v) is 7.56. The summed E-state index contributed by atoms with van der Waals surface area (Å²) in [6.45, 7) is 5.39. The van der Waals surface area contributed by atoms with Gasteiger partial charge in [-0.25, -0.2) is 0 Å². The molecular formula is C17H25NO. The summed E-state index contributed by atoms with van der Waals surface area (Å²) in [6.07, 6.45) is 5.60. The summed E-state index contributed by atoms with van der Waals surface area (Å²) < 4.78 is 0. The SMILES string of the molecule is CCC(CC)[C@@H]1C[C@H](c2ccccc2)CCN1C=O. The molecule has 0 bridgehead atoms. The molecular weight excluding hydrogens is 234 g/mol. The number of likely N-dealkylation sites (tertiary alicyclic amines) is 1. The Kier molecular flexibility index (Phi) is 5.00. The lowest BCUT2D eigenvalue weighted by molar-refractivity contribution is -0.123. The number of hydrogen-bond acceptors (Lipinski definition) is 1. The van der Waals surface area contributed by atoms with Gasteiger partial charge >= 0.3 is 0 Å². The van der Waals surface area contributed by atoms with Crippen molar-refractivity contribution in [2.75, 3.05) is 6.54 Å². The van der Waals surface area contributed by atoms with Crippen LogP contribution in [0.15, 0.2) is 30.3 Å². The van der Waals surface area contributed by atoms with E-state index in [2.05, 4.69) is 44.2 Å². The molecule has 1 aromatic carbocycles. The molecule has 2 rings (SSSR count). The average molecular weight is 259 g/mol. The van der Waals surface area contributed by atoms with Crippen LogP contribution in [0, 0.1) is 5.92 Å². The van der Waals surface area contributed by atoms with Gasteiger partial charge in [-0.05, 0) is 30.2 Å². The summed E-state index contributed by atoms with van der Waals surface area (Å²) in [5.41, 5.74) is 1.43. The molecule has 1 aliphatic rings. The summed E-state index contributed by atoms with van der Waals surface area (Å²) in [5.74, 6) is 1.25. The lowest BCUT2D eigenvalue weighted by atomic mass is 9.79. The Morgan fingerprint density at radius 2 is 1.95 bits per heavy atom. The largest absolute Gasteiger partial charge is 0.342 e. The molecule has 0 aliphatic carbocycles. The van der Waals surface area contributed by atoms with E-state index < -0.39 is 0 Å². The Balaban J connectivity index is 2.13. The van der Waals surface area contributed by atoms with Crippen molar-refractivity contribution in [2.45, 2.75) is 51.5 Å². The zero-order valence-electron chi connectivity index (χ0n) is 12.1. The molecule has 1 amide bonds. The van der Waals surface area contributed by atoms with Crippen LogP contribution < -0.4 is 0 Å². The van der Waals surface area contributed by atoms with E-state index in [-0.39, 0.29) is 0 Å². The molecule has 0 radical (unpaired) electrons. The van der Waals surface area contributed by atoms with Gasteiger partial charge in [-0.15, -0.1) is 0 Å². The highest BCUT2D eigenvalue weighted by atomic mass is 16.1. The first kappa shape index (κ1) is 14.1. The smallest absolute Gasteiger partial charge is 0.209 e. The Hall–Kier alpha value is -1.31. The van der Waals surface area contributed by atoms with Crippen LogP contribution in [0.4, 0.5) is 0 Å². The third-order valence-electron chi connectivity index (χ3n) is 4.69. The van der Waals surface area contributed by atoms with Crippen molar-refractivity contribution in [2.24, 2.45) is 5.92 Å². The normalized spacial score (nSPS) is 23.6. The van der Waals surface area contributed by atoms with E-state index in [1.54, 1.807) is 0 Å². The van der Waals surface area contributed by atoms with Crippen LogP contribution >= 0.6 is 0 Å². The van der Waals surface area contributed by atoms with E-state index in [0.717, 1.165) is 38.6 Å². The summed E-state index contributed by atoms with van der Waals surface area (Å²) in [4.78, 5) is 13.3. The van der Waals surface area contributed by atoms with E-state index in [1.807, 2.05) is 4.90 Å². The van der Waals surface area contributed by atoms with Crippen LogP contribution in [0.2, 0.25) is 0 Å². The fourth-order valence-corrected chi connectivity index (χ4v) is 3.47. The van der Waals surface area contributed by atoms with Gasteiger partial charge in [0.1, 0.15) is 0 Å². The predicted octanol–water partition coefficient (Wildman–Crippen LogP) is 3.83. The average Bonchev–Trinajstić information content (AvgIpc) is 2.49. The molecule has 0 saturated carbocycles. The Morgan fingerprint density at radius 3 is 2.53 bits per heavy atom. The zero-order chi connectivity index (χ0) is 13.7. The van der Waals surface area contributed by atoms with Gasteiger partial charge in [0.2, 0.25) is 6.41 Å². The standard InChI is InChI=1S/C17H25NO/c1-3-14(4-2)17-12-16(10-11-18(17)13-19)15-8-6-5-7-9-15/h5-9,13-14,16-17H,3-4,10-12H2,1-2H3/t16-,17+/m1/s1. The minimum Gasteiger partial charge on any atom is -0.342 e. The van der Waals surface area contributed by atoms with Gasteiger partial charge in [0.25, 0.3) is 0 Å². The third kappa shape index (κ3) is 3.17. The maximum atomic E-state index is 11.3. The number of benzene rings is 1. The summed E-state index contributed by atoms with van der Waals surface area (Å²) in [7, 11) is 0. The number of hydrogen-bond donors (Lipinski definition) is 0. The monoisotopic (exact) mass is 259 g/mol. The molecule has 19 heavy (non-hydrogen) atoms. The molecule has 2 atom stereocenters. The molecule has 0 unspecified atom stereocenters. The first-order chi connectivity index (χ1) is 9.30. The second-order valence-corrected chi connectivity index (χ2v) is 5.62. The van der Waals surface area contributed by atoms with Gasteiger partial charge in [-0.3, -0.25) is 4.79 Å². The van der Waals surface area contributed by atoms with E-state index in [9.17, 15) is 4.79 Å². The van der Waals surface area contributed by atoms with Gasteiger partial charge in [-0.2, -0.15) is 0 Å². The lowest BCUT2D eigenvalue weighted by Gasteiger charge is -2.41. The second kappa shape index (κ2) is 6.74. The van der Waals surface area contributed by atoms with Crippen molar-refractivity contribution < 1.29 is 4.79 Å². The Bertz CT molecular complexity index is 386. The first-order valence-electron chi connectivity index (χ1n) is 7.56. The maximum Gasteiger partial charge on any atom is 0.209 e. The number of amides is 1. The Labute approximate surface area is 116 Å². The van der Waals surface area contributed by atoms with Crippen molar-refractivity contribution in [1.29, 1.82) is 0 Å². The van der Waals surface area contributed by atoms with Crippen LogP contribution in [0.5, 0.6) is 0 Å². The molecule has 2 heteroatoms. The van der Waals surface area contributed by atoms with Gasteiger partial charge in [-0.1, -0.05) is 57.0 Å². The van der Waals surface area contributed by atoms with E-state index in [4.69, 9.17) is 0 Å². The second-order valence-electron chi connectivity index (χ2n) is 5.62. The summed E-state index contributed by atoms with van der Waals surface area (Å²) in [6, 6.07) is 11.2. The molecule has 1 aliphatic heterocycles. The zero-order valence-corrected chi connectivity index (χ0v) is 12.1. The number of carbonyl (C=O) groups excluding carboxylic acids is 1. The molecule has 1 fully saturated rings. The number of rotatable bonds is 5. The van der Waals surface area contributed by atoms with Crippen molar-refractivity contribution >= 4 is 6.41 Å². The van der Waals surface area contributed by atoms with Gasteiger partial charge < -0.3 is 4.90 Å². The number of carbonyl (C=O) groups is 1. The van der Waals surface area contributed by atoms with Crippen molar-refractivity contribution in [3.63, 3.8) is 0 Å². The van der Waals surface area contributed by atoms with Crippen LogP contribution in [0.3, 0.4) is 0 Å². The molecule has 1 saturated heterocycles. The minimum atomic E-state index is 0.423. The molecule has 104 valence electrons. The molecule has 1 heterocycles. The highest BCUT2D eigenvalue weighted by molar-refractivity contribution is 5.48. The van der Waals surface area contributed by atoms with Gasteiger partial charge in [0.15, 0.2) is 0 Å². The van der Waals surface area contributed by atoms with Gasteiger partial charge in [0.05, 0.1) is 0 Å². The van der Waals surface area contributed by atoms with E-state index in [0.29, 0.717) is 17.9 Å². The van der Waals surface area contributed by atoms with Crippen LogP contribution in [-0.2, 0) is 4.79 Å². The molecule has 0 aromatic heterocycles. The van der Waals surface area contributed by atoms with Crippen LogP contribution in [0.1, 0.15) is 51.0 Å². The fraction of sp³-hybridized carbons (Fsp3) is 0.588. The maximum absolute atomic E-state index is 11.3. The van der Waals surface area contributed by atoms with Crippen molar-refractivity contribution in [3.05, 3.63) is 35.9 Å². The topological polar surface area (TPSA) is 20.3 Å². The summed E-state index contributed by atoms with van der Waals surface area (Å²) >= 11 is 0. The highest BCUT2D eigenvalue weighted by Gasteiger charge is 2.32. The highest BCUT2D eigenvalue weighted by Crippen LogP contribution is 2.35. The van der Waals surface area contributed by atoms with E-state index in [1.165, 1.54) is 5.56 Å². The number of nitrogens with zero attached hydrogens (tertiary/aromatic N) is 1. The van der Waals surface area contributed by atoms with E-state index >= 15 is 0 Å². The number of piperidine rings is 1. The molecule has 1 aromatic rings. The molecule has 0 N–H and O–H groups in total. The predicted molar refractivity (Wildman–Crippen MR) is 79.0 cm³/mol. The minimum absolute atomic E-state index is 0.423. The van der Waals surface area contributed by atoms with Crippen molar-refractivity contribution in [1.82, 2.24) is 4.90 Å². The Morgan fingerprint density at radius 1 is 1.26 bits per heavy atom. The quantitative estimate of drug-likeness (QED) is 0.736. The van der Waals surface area contributed by atoms with Crippen LogP contribution in [0.25, 0.3) is 0 Å². The van der Waals surface area contributed by atoms with Crippen LogP contribution in [-0.4, -0.2) is 23.9 Å². The molecule has 2 nitrogen and oxygen atoms in total.